The first-order valence-corrected chi connectivity index (χ1v) is 13.6. The average molecular weight is 459 g/mol. The number of para-hydroxylation sites is 1. The van der Waals surface area contributed by atoms with E-state index in [1.807, 2.05) is 0 Å². The number of nitrogens with zero attached hydrogens (tertiary/aromatic N) is 4. The lowest BCUT2D eigenvalue weighted by molar-refractivity contribution is 0.428. The van der Waals surface area contributed by atoms with Crippen LogP contribution in [0.5, 0.6) is 0 Å². The van der Waals surface area contributed by atoms with Crippen LogP contribution in [0.1, 0.15) is 96.6 Å². The molecule has 2 heterocycles. The van der Waals surface area contributed by atoms with Gasteiger partial charge in [0.1, 0.15) is 5.69 Å². The number of fused-ring (bicyclic) bond motifs is 5. The summed E-state index contributed by atoms with van der Waals surface area (Å²) in [4.78, 5) is 2.56. The maximum absolute atomic E-state index is 4.81. The maximum Gasteiger partial charge on any atom is 0.123 e. The minimum atomic E-state index is 0.336. The van der Waals surface area contributed by atoms with E-state index in [4.69, 9.17) is 10.3 Å². The predicted molar refractivity (Wildman–Crippen MR) is 144 cm³/mol. The van der Waals surface area contributed by atoms with Crippen molar-refractivity contribution in [1.82, 2.24) is 15.0 Å². The van der Waals surface area contributed by atoms with Crippen LogP contribution < -0.4 is 4.90 Å². The van der Waals surface area contributed by atoms with Gasteiger partial charge in [0.05, 0.1) is 11.7 Å². The van der Waals surface area contributed by atoms with Crippen LogP contribution >= 0.6 is 0 Å². The average Bonchev–Trinajstić information content (AvgIpc) is 3.29. The summed E-state index contributed by atoms with van der Waals surface area (Å²) in [6.45, 7) is 8.86. The number of aromatic nitrogens is 3. The van der Waals surface area contributed by atoms with Crippen LogP contribution in [0.2, 0.25) is 0 Å². The van der Waals surface area contributed by atoms with E-state index in [0.29, 0.717) is 6.04 Å². The highest BCUT2D eigenvalue weighted by Crippen LogP contribution is 2.42. The second-order valence-corrected chi connectivity index (χ2v) is 9.94. The van der Waals surface area contributed by atoms with E-state index in [1.165, 1.54) is 85.9 Å². The van der Waals surface area contributed by atoms with Gasteiger partial charge in [0.15, 0.2) is 0 Å². The molecule has 0 radical (unpaired) electrons. The Morgan fingerprint density at radius 3 is 2.26 bits per heavy atom. The van der Waals surface area contributed by atoms with Crippen LogP contribution in [0.3, 0.4) is 0 Å². The molecule has 0 bridgehead atoms. The Bertz CT molecular complexity index is 1040. The monoisotopic (exact) mass is 458 g/mol. The molecule has 1 atom stereocenters. The number of hydrogen-bond donors (Lipinski definition) is 0. The van der Waals surface area contributed by atoms with Crippen molar-refractivity contribution in [2.45, 2.75) is 97.6 Å². The van der Waals surface area contributed by atoms with Crippen LogP contribution in [0.4, 0.5) is 5.69 Å². The van der Waals surface area contributed by atoms with E-state index in [9.17, 15) is 0 Å². The van der Waals surface area contributed by atoms with Crippen molar-refractivity contribution in [3.05, 3.63) is 54.1 Å². The minimum absolute atomic E-state index is 0.336. The molecule has 34 heavy (non-hydrogen) atoms. The lowest BCUT2D eigenvalue weighted by atomic mass is 9.95. The zero-order valence-corrected chi connectivity index (χ0v) is 21.5. The Morgan fingerprint density at radius 2 is 1.47 bits per heavy atom. The summed E-state index contributed by atoms with van der Waals surface area (Å²) in [6, 6.07) is 18.0. The van der Waals surface area contributed by atoms with Crippen molar-refractivity contribution in [3.8, 4) is 22.5 Å². The van der Waals surface area contributed by atoms with Crippen molar-refractivity contribution >= 4 is 5.69 Å². The topological polar surface area (TPSA) is 34.0 Å². The molecule has 0 N–H and O–H groups in total. The second-order valence-electron chi connectivity index (χ2n) is 9.94. The van der Waals surface area contributed by atoms with Gasteiger partial charge in [0, 0.05) is 29.9 Å². The Morgan fingerprint density at radius 1 is 0.794 bits per heavy atom. The molecule has 0 saturated heterocycles. The Balaban J connectivity index is 1.69. The standard InChI is InChI=1S/C30H42N4/c1-4-6-8-10-11-17-24(3)34-30-26-19-13-12-18-25(26)23-33(22-16-9-7-5-2)28-21-15-14-20-27(28)29(30)31-32-34/h12-15,18-21,24H,4-11,16-17,22-23H2,1-3H3. The van der Waals surface area contributed by atoms with Crippen LogP contribution in [0, 0.1) is 0 Å². The Hall–Kier alpha value is -2.62. The summed E-state index contributed by atoms with van der Waals surface area (Å²) in [5, 5.41) is 9.56. The molecule has 0 aliphatic carbocycles. The summed E-state index contributed by atoms with van der Waals surface area (Å²) in [5.74, 6) is 0. The lowest BCUT2D eigenvalue weighted by Gasteiger charge is -2.30. The molecule has 4 nitrogen and oxygen atoms in total. The van der Waals surface area contributed by atoms with E-state index in [-0.39, 0.29) is 0 Å². The fourth-order valence-electron chi connectivity index (χ4n) is 5.26. The molecule has 0 amide bonds. The van der Waals surface area contributed by atoms with Crippen LogP contribution in [0.25, 0.3) is 22.5 Å². The zero-order chi connectivity index (χ0) is 23.8. The number of rotatable bonds is 12. The smallest absolute Gasteiger partial charge is 0.123 e. The first-order valence-electron chi connectivity index (χ1n) is 13.6. The lowest BCUT2D eigenvalue weighted by Crippen LogP contribution is -2.26. The van der Waals surface area contributed by atoms with Crippen molar-refractivity contribution in [1.29, 1.82) is 0 Å². The van der Waals surface area contributed by atoms with Gasteiger partial charge < -0.3 is 4.90 Å². The molecule has 0 fully saturated rings. The fourth-order valence-corrected chi connectivity index (χ4v) is 5.26. The van der Waals surface area contributed by atoms with Gasteiger partial charge in [-0.15, -0.1) is 5.10 Å². The third kappa shape index (κ3) is 5.54. The van der Waals surface area contributed by atoms with Crippen LogP contribution in [0.15, 0.2) is 48.5 Å². The quantitative estimate of drug-likeness (QED) is 0.255. The fraction of sp³-hybridized carbons (Fsp3) is 0.533. The number of hydrogen-bond acceptors (Lipinski definition) is 3. The van der Waals surface area contributed by atoms with E-state index in [2.05, 4.69) is 78.9 Å². The van der Waals surface area contributed by atoms with Crippen LogP contribution in [-0.4, -0.2) is 21.5 Å². The van der Waals surface area contributed by atoms with Gasteiger partial charge in [0.2, 0.25) is 0 Å². The highest BCUT2D eigenvalue weighted by molar-refractivity contribution is 5.88. The highest BCUT2D eigenvalue weighted by atomic mass is 15.4. The molecule has 0 spiro atoms. The number of benzene rings is 2. The first-order chi connectivity index (χ1) is 16.7. The molecule has 4 rings (SSSR count). The summed E-state index contributed by atoms with van der Waals surface area (Å²) >= 11 is 0. The van der Waals surface area contributed by atoms with Gasteiger partial charge in [-0.3, -0.25) is 0 Å². The normalized spacial score (nSPS) is 13.6. The largest absolute Gasteiger partial charge is 0.367 e. The second kappa shape index (κ2) is 12.2. The molecule has 0 saturated carbocycles. The first kappa shape index (κ1) is 24.5. The summed E-state index contributed by atoms with van der Waals surface area (Å²) in [6.07, 6.45) is 12.7. The molecule has 1 aromatic heterocycles. The van der Waals surface area contributed by atoms with Crippen molar-refractivity contribution in [3.63, 3.8) is 0 Å². The highest BCUT2D eigenvalue weighted by Gasteiger charge is 2.27. The van der Waals surface area contributed by atoms with Gasteiger partial charge in [0.25, 0.3) is 0 Å². The van der Waals surface area contributed by atoms with Gasteiger partial charge >= 0.3 is 0 Å². The van der Waals surface area contributed by atoms with Gasteiger partial charge in [-0.05, 0) is 31.4 Å². The molecule has 1 aliphatic rings. The SMILES string of the molecule is CCCCCCCC(C)n1nnc2c1-c1ccccc1CN(CCCCCC)c1ccccc1-2. The Labute approximate surface area is 206 Å². The molecule has 1 aliphatic heterocycles. The van der Waals surface area contributed by atoms with E-state index >= 15 is 0 Å². The molecule has 1 unspecified atom stereocenters. The predicted octanol–water partition coefficient (Wildman–Crippen LogP) is 8.43. The molecule has 4 heteroatoms. The van der Waals surface area contributed by atoms with Crippen LogP contribution in [-0.2, 0) is 6.54 Å². The minimum Gasteiger partial charge on any atom is -0.367 e. The number of anilines is 1. The molecule has 3 aromatic rings. The van der Waals surface area contributed by atoms with Crippen molar-refractivity contribution < 1.29 is 0 Å². The summed E-state index contributed by atoms with van der Waals surface area (Å²) in [7, 11) is 0. The summed E-state index contributed by atoms with van der Waals surface area (Å²) < 4.78 is 2.21. The van der Waals surface area contributed by atoms with Crippen molar-refractivity contribution in [2.24, 2.45) is 0 Å². The van der Waals surface area contributed by atoms with E-state index in [0.717, 1.165) is 25.2 Å². The summed E-state index contributed by atoms with van der Waals surface area (Å²) in [5.41, 5.74) is 7.37. The van der Waals surface area contributed by atoms with Gasteiger partial charge in [-0.25, -0.2) is 4.68 Å². The molecule has 2 aromatic carbocycles. The van der Waals surface area contributed by atoms with E-state index in [1.54, 1.807) is 0 Å². The number of unbranched alkanes of at least 4 members (excludes halogenated alkanes) is 7. The molecular weight excluding hydrogens is 416 g/mol. The Kier molecular flexibility index (Phi) is 8.79. The molecule has 182 valence electrons. The van der Waals surface area contributed by atoms with Gasteiger partial charge in [-0.1, -0.05) is 113 Å². The van der Waals surface area contributed by atoms with Gasteiger partial charge in [-0.2, -0.15) is 0 Å². The van der Waals surface area contributed by atoms with E-state index < -0.39 is 0 Å². The third-order valence-electron chi connectivity index (χ3n) is 7.25. The van der Waals surface area contributed by atoms with Crippen molar-refractivity contribution in [2.75, 3.05) is 11.4 Å². The maximum atomic E-state index is 4.81. The third-order valence-corrected chi connectivity index (χ3v) is 7.25. The molecular formula is C30H42N4. The zero-order valence-electron chi connectivity index (χ0n) is 21.5.